The second kappa shape index (κ2) is 3.89. The summed E-state index contributed by atoms with van der Waals surface area (Å²) in [6.45, 7) is 0.413. The van der Waals surface area contributed by atoms with Crippen LogP contribution in [0.1, 0.15) is 5.69 Å². The minimum absolute atomic E-state index is 0.413. The molecule has 0 fully saturated rings. The molecule has 0 aliphatic carbocycles. The van der Waals surface area contributed by atoms with Gasteiger partial charge in [0.15, 0.2) is 0 Å². The monoisotopic (exact) mass is 252 g/mol. The molecule has 0 saturated heterocycles. The van der Waals surface area contributed by atoms with Crippen LogP contribution in [0.25, 0.3) is 5.69 Å². The Bertz CT molecular complexity index is 421. The van der Waals surface area contributed by atoms with Gasteiger partial charge in [-0.15, -0.1) is 0 Å². The van der Waals surface area contributed by atoms with Crippen LogP contribution in [0, 0.1) is 0 Å². The van der Waals surface area contributed by atoms with E-state index in [1.165, 1.54) is 0 Å². The van der Waals surface area contributed by atoms with Gasteiger partial charge in [0.25, 0.3) is 0 Å². The fourth-order valence-electron chi connectivity index (χ4n) is 1.09. The summed E-state index contributed by atoms with van der Waals surface area (Å²) in [5.41, 5.74) is 7.15. The van der Waals surface area contributed by atoms with E-state index in [4.69, 9.17) is 5.73 Å². The molecule has 0 unspecified atom stereocenters. The van der Waals surface area contributed by atoms with E-state index in [2.05, 4.69) is 26.1 Å². The van der Waals surface area contributed by atoms with Crippen LogP contribution in [0.15, 0.2) is 34.9 Å². The van der Waals surface area contributed by atoms with Gasteiger partial charge in [0.05, 0.1) is 17.6 Å². The molecule has 0 saturated carbocycles. The van der Waals surface area contributed by atoms with Crippen LogP contribution in [0.2, 0.25) is 0 Å². The molecule has 0 atom stereocenters. The number of nitrogens with zero attached hydrogens (tertiary/aromatic N) is 3. The third kappa shape index (κ3) is 1.83. The lowest BCUT2D eigenvalue weighted by molar-refractivity contribution is 0.737. The molecule has 0 radical (unpaired) electrons. The second-order valence-corrected chi connectivity index (χ2v) is 3.72. The lowest BCUT2D eigenvalue weighted by Gasteiger charge is -1.98. The predicted octanol–water partition coefficient (Wildman–Crippen LogP) is 1.49. The van der Waals surface area contributed by atoms with Crippen LogP contribution in [-0.2, 0) is 6.54 Å². The molecule has 0 spiro atoms. The minimum atomic E-state index is 0.413. The van der Waals surface area contributed by atoms with Crippen molar-refractivity contribution >= 4 is 15.9 Å². The van der Waals surface area contributed by atoms with Gasteiger partial charge in [0.2, 0.25) is 0 Å². The summed E-state index contributed by atoms with van der Waals surface area (Å²) >= 11 is 3.37. The van der Waals surface area contributed by atoms with E-state index in [1.807, 2.05) is 24.3 Å². The normalized spacial score (nSPS) is 10.4. The van der Waals surface area contributed by atoms with E-state index < -0.39 is 0 Å². The molecule has 72 valence electrons. The van der Waals surface area contributed by atoms with Crippen molar-refractivity contribution in [3.8, 4) is 5.69 Å². The van der Waals surface area contributed by atoms with Crippen LogP contribution in [-0.4, -0.2) is 15.0 Å². The maximum Gasteiger partial charge on any atom is 0.0967 e. The first-order chi connectivity index (χ1) is 6.79. The fraction of sp³-hybridized carbons (Fsp3) is 0.111. The first-order valence-electron chi connectivity index (χ1n) is 4.17. The van der Waals surface area contributed by atoms with Crippen LogP contribution >= 0.6 is 15.9 Å². The Labute approximate surface area is 89.9 Å². The highest BCUT2D eigenvalue weighted by Crippen LogP contribution is 2.12. The number of aromatic nitrogens is 3. The number of rotatable bonds is 2. The zero-order chi connectivity index (χ0) is 9.97. The third-order valence-electron chi connectivity index (χ3n) is 1.81. The topological polar surface area (TPSA) is 56.7 Å². The van der Waals surface area contributed by atoms with Crippen molar-refractivity contribution in [3.05, 3.63) is 40.6 Å². The zero-order valence-electron chi connectivity index (χ0n) is 7.39. The van der Waals surface area contributed by atoms with Gasteiger partial charge < -0.3 is 5.73 Å². The van der Waals surface area contributed by atoms with Gasteiger partial charge in [0.1, 0.15) is 0 Å². The Morgan fingerprint density at radius 1 is 1.29 bits per heavy atom. The highest BCUT2D eigenvalue weighted by Gasteiger charge is 2.00. The number of halogens is 1. The lowest BCUT2D eigenvalue weighted by atomic mass is 10.3. The van der Waals surface area contributed by atoms with Crippen molar-refractivity contribution in [2.75, 3.05) is 0 Å². The second-order valence-electron chi connectivity index (χ2n) is 2.81. The number of benzene rings is 1. The Balaban J connectivity index is 2.34. The largest absolute Gasteiger partial charge is 0.325 e. The molecule has 1 heterocycles. The Kier molecular flexibility index (Phi) is 2.60. The van der Waals surface area contributed by atoms with Crippen molar-refractivity contribution in [2.45, 2.75) is 6.54 Å². The summed E-state index contributed by atoms with van der Waals surface area (Å²) < 4.78 is 1.03. The summed E-state index contributed by atoms with van der Waals surface area (Å²) in [6, 6.07) is 7.76. The van der Waals surface area contributed by atoms with Crippen molar-refractivity contribution in [2.24, 2.45) is 5.73 Å². The molecule has 1 aromatic carbocycles. The van der Waals surface area contributed by atoms with E-state index in [1.54, 1.807) is 11.0 Å². The van der Waals surface area contributed by atoms with Crippen molar-refractivity contribution < 1.29 is 0 Å². The standard InChI is InChI=1S/C9H9BrN4/c10-7-1-3-9(4-2-7)14-12-6-8(5-11)13-14/h1-4,6H,5,11H2. The van der Waals surface area contributed by atoms with Crippen LogP contribution in [0.4, 0.5) is 0 Å². The first kappa shape index (κ1) is 9.36. The molecule has 2 N–H and O–H groups in total. The van der Waals surface area contributed by atoms with Crippen LogP contribution in [0.5, 0.6) is 0 Å². The minimum Gasteiger partial charge on any atom is -0.325 e. The van der Waals surface area contributed by atoms with E-state index in [0.717, 1.165) is 15.9 Å². The molecule has 2 aromatic rings. The average Bonchev–Trinajstić information content (AvgIpc) is 2.67. The van der Waals surface area contributed by atoms with Crippen LogP contribution < -0.4 is 5.73 Å². The van der Waals surface area contributed by atoms with Gasteiger partial charge in [-0.25, -0.2) is 0 Å². The molecule has 0 aliphatic rings. The summed E-state index contributed by atoms with van der Waals surface area (Å²) in [7, 11) is 0. The third-order valence-corrected chi connectivity index (χ3v) is 2.33. The molecule has 0 bridgehead atoms. The Hall–Kier alpha value is -1.20. The first-order valence-corrected chi connectivity index (χ1v) is 4.96. The van der Waals surface area contributed by atoms with Crippen LogP contribution in [0.3, 0.4) is 0 Å². The van der Waals surface area contributed by atoms with Crippen molar-refractivity contribution in [1.29, 1.82) is 0 Å². The summed E-state index contributed by atoms with van der Waals surface area (Å²) in [5, 5.41) is 8.29. The quantitative estimate of drug-likeness (QED) is 0.882. The Morgan fingerprint density at radius 2 is 2.00 bits per heavy atom. The van der Waals surface area contributed by atoms with E-state index in [-0.39, 0.29) is 0 Å². The molecule has 0 aliphatic heterocycles. The maximum atomic E-state index is 5.44. The number of hydrogen-bond acceptors (Lipinski definition) is 3. The average molecular weight is 253 g/mol. The van der Waals surface area contributed by atoms with Gasteiger partial charge in [0, 0.05) is 11.0 Å². The SMILES string of the molecule is NCc1cnn(-c2ccc(Br)cc2)n1. The van der Waals surface area contributed by atoms with E-state index in [9.17, 15) is 0 Å². The molecular weight excluding hydrogens is 244 g/mol. The summed E-state index contributed by atoms with van der Waals surface area (Å²) in [5.74, 6) is 0. The maximum absolute atomic E-state index is 5.44. The van der Waals surface area contributed by atoms with Crippen molar-refractivity contribution in [1.82, 2.24) is 15.0 Å². The van der Waals surface area contributed by atoms with Crippen molar-refractivity contribution in [3.63, 3.8) is 0 Å². The smallest absolute Gasteiger partial charge is 0.0967 e. The molecule has 2 rings (SSSR count). The Morgan fingerprint density at radius 3 is 2.57 bits per heavy atom. The molecule has 5 heteroatoms. The molecule has 14 heavy (non-hydrogen) atoms. The fourth-order valence-corrected chi connectivity index (χ4v) is 1.35. The van der Waals surface area contributed by atoms with E-state index >= 15 is 0 Å². The lowest BCUT2D eigenvalue weighted by Crippen LogP contribution is -2.01. The summed E-state index contributed by atoms with van der Waals surface area (Å²) in [6.07, 6.45) is 1.67. The number of hydrogen-bond donors (Lipinski definition) is 1. The molecular formula is C9H9BrN4. The highest BCUT2D eigenvalue weighted by molar-refractivity contribution is 9.10. The highest BCUT2D eigenvalue weighted by atomic mass is 79.9. The van der Waals surface area contributed by atoms with Gasteiger partial charge in [-0.3, -0.25) is 0 Å². The molecule has 0 amide bonds. The molecule has 1 aromatic heterocycles. The van der Waals surface area contributed by atoms with Gasteiger partial charge >= 0.3 is 0 Å². The zero-order valence-corrected chi connectivity index (χ0v) is 8.98. The summed E-state index contributed by atoms with van der Waals surface area (Å²) in [4.78, 5) is 1.56. The van der Waals surface area contributed by atoms with E-state index in [0.29, 0.717) is 6.54 Å². The van der Waals surface area contributed by atoms with Gasteiger partial charge in [-0.1, -0.05) is 15.9 Å². The molecule has 4 nitrogen and oxygen atoms in total. The van der Waals surface area contributed by atoms with Gasteiger partial charge in [-0.2, -0.15) is 15.0 Å². The predicted molar refractivity (Wildman–Crippen MR) is 57.0 cm³/mol. The van der Waals surface area contributed by atoms with Gasteiger partial charge in [-0.05, 0) is 24.3 Å². The number of nitrogens with two attached hydrogens (primary N) is 1.